The lowest BCUT2D eigenvalue weighted by Gasteiger charge is -2.26. The highest BCUT2D eigenvalue weighted by Crippen LogP contribution is 2.26. The fourth-order valence-corrected chi connectivity index (χ4v) is 3.52. The molecule has 0 fully saturated rings. The number of pyridine rings is 1. The van der Waals surface area contributed by atoms with E-state index in [0.29, 0.717) is 17.9 Å². The summed E-state index contributed by atoms with van der Waals surface area (Å²) in [4.78, 5) is 24.0. The Morgan fingerprint density at radius 1 is 1.29 bits per heavy atom. The van der Waals surface area contributed by atoms with E-state index < -0.39 is 0 Å². The Morgan fingerprint density at radius 2 is 2.25 bits per heavy atom. The minimum Gasteiger partial charge on any atom is -0.335 e. The molecule has 4 heterocycles. The van der Waals surface area contributed by atoms with Gasteiger partial charge in [0.2, 0.25) is 0 Å². The van der Waals surface area contributed by atoms with Crippen molar-refractivity contribution < 1.29 is 4.79 Å². The van der Waals surface area contributed by atoms with Crippen LogP contribution < -0.4 is 0 Å². The first-order chi connectivity index (χ1) is 11.8. The Hall–Kier alpha value is -2.80. The van der Waals surface area contributed by atoms with Crippen LogP contribution in [0.2, 0.25) is 0 Å². The van der Waals surface area contributed by atoms with Crippen LogP contribution in [0.5, 0.6) is 0 Å². The maximum Gasteiger partial charge on any atom is 0.254 e. The van der Waals surface area contributed by atoms with E-state index >= 15 is 0 Å². The number of carbonyl (C=O) groups is 1. The summed E-state index contributed by atoms with van der Waals surface area (Å²) >= 11 is 1.74. The van der Waals surface area contributed by atoms with Gasteiger partial charge in [0, 0.05) is 29.7 Å². The molecule has 4 rings (SSSR count). The summed E-state index contributed by atoms with van der Waals surface area (Å²) in [6.45, 7) is 1.36. The molecule has 1 amide bonds. The standard InChI is InChI=1S/C17H15N5OS/c23-17(14-3-6-19-16(10-14)22-12-18-11-20-22)21-7-4-13(5-8-21)15-2-1-9-24-15/h1-4,6,9-12H,5,7-8H2. The van der Waals surface area contributed by atoms with Gasteiger partial charge in [-0.3, -0.25) is 4.79 Å². The maximum atomic E-state index is 12.7. The van der Waals surface area contributed by atoms with E-state index in [1.54, 1.807) is 40.7 Å². The molecule has 0 aromatic carbocycles. The van der Waals surface area contributed by atoms with Gasteiger partial charge in [-0.05, 0) is 35.6 Å². The molecule has 0 bridgehead atoms. The topological polar surface area (TPSA) is 63.9 Å². The van der Waals surface area contributed by atoms with Crippen molar-refractivity contribution in [3.05, 3.63) is 65.0 Å². The van der Waals surface area contributed by atoms with Gasteiger partial charge in [0.1, 0.15) is 12.7 Å². The Bertz CT molecular complexity index is 870. The lowest BCUT2D eigenvalue weighted by molar-refractivity contribution is 0.0773. The van der Waals surface area contributed by atoms with Gasteiger partial charge in [0.15, 0.2) is 5.82 Å². The third-order valence-corrected chi connectivity index (χ3v) is 4.93. The molecule has 3 aromatic rings. The quantitative estimate of drug-likeness (QED) is 0.737. The van der Waals surface area contributed by atoms with Gasteiger partial charge >= 0.3 is 0 Å². The van der Waals surface area contributed by atoms with Crippen LogP contribution in [0, 0.1) is 0 Å². The number of hydrogen-bond donors (Lipinski definition) is 0. The van der Waals surface area contributed by atoms with Crippen molar-refractivity contribution in [1.29, 1.82) is 0 Å². The van der Waals surface area contributed by atoms with E-state index in [0.717, 1.165) is 13.0 Å². The zero-order chi connectivity index (χ0) is 16.4. The van der Waals surface area contributed by atoms with Gasteiger partial charge < -0.3 is 4.90 Å². The van der Waals surface area contributed by atoms with E-state index in [1.807, 2.05) is 4.90 Å². The fourth-order valence-electron chi connectivity index (χ4n) is 2.72. The minimum absolute atomic E-state index is 0.0141. The molecule has 0 aliphatic carbocycles. The third-order valence-electron chi connectivity index (χ3n) is 3.98. The van der Waals surface area contributed by atoms with Gasteiger partial charge in [0.05, 0.1) is 0 Å². The molecule has 7 heteroatoms. The number of hydrogen-bond acceptors (Lipinski definition) is 5. The summed E-state index contributed by atoms with van der Waals surface area (Å²) in [5.41, 5.74) is 1.94. The van der Waals surface area contributed by atoms with Crippen molar-refractivity contribution in [3.63, 3.8) is 0 Å². The Balaban J connectivity index is 1.52. The molecule has 24 heavy (non-hydrogen) atoms. The van der Waals surface area contributed by atoms with Crippen LogP contribution in [-0.4, -0.2) is 43.6 Å². The molecule has 6 nitrogen and oxygen atoms in total. The van der Waals surface area contributed by atoms with Gasteiger partial charge in [-0.15, -0.1) is 11.3 Å². The predicted molar refractivity (Wildman–Crippen MR) is 92.0 cm³/mol. The summed E-state index contributed by atoms with van der Waals surface area (Å²) in [6, 6.07) is 7.67. The molecule has 1 aliphatic heterocycles. The smallest absolute Gasteiger partial charge is 0.254 e. The lowest BCUT2D eigenvalue weighted by atomic mass is 10.1. The van der Waals surface area contributed by atoms with Gasteiger partial charge in [-0.1, -0.05) is 12.1 Å². The molecular weight excluding hydrogens is 322 g/mol. The Kier molecular flexibility index (Phi) is 3.92. The van der Waals surface area contributed by atoms with Gasteiger partial charge in [-0.2, -0.15) is 5.10 Å². The van der Waals surface area contributed by atoms with Crippen molar-refractivity contribution in [2.45, 2.75) is 6.42 Å². The van der Waals surface area contributed by atoms with Crippen LogP contribution in [-0.2, 0) is 0 Å². The molecule has 0 spiro atoms. The van der Waals surface area contributed by atoms with Crippen LogP contribution in [0.15, 0.2) is 54.6 Å². The molecule has 0 radical (unpaired) electrons. The summed E-state index contributed by atoms with van der Waals surface area (Å²) in [5, 5.41) is 6.13. The molecule has 0 unspecified atom stereocenters. The highest BCUT2D eigenvalue weighted by molar-refractivity contribution is 7.11. The summed E-state index contributed by atoms with van der Waals surface area (Å²) in [5.74, 6) is 0.602. The van der Waals surface area contributed by atoms with Crippen molar-refractivity contribution in [2.75, 3.05) is 13.1 Å². The zero-order valence-electron chi connectivity index (χ0n) is 12.9. The molecule has 1 aliphatic rings. The third kappa shape index (κ3) is 2.85. The van der Waals surface area contributed by atoms with Crippen molar-refractivity contribution in [3.8, 4) is 5.82 Å². The first-order valence-electron chi connectivity index (χ1n) is 7.64. The zero-order valence-corrected chi connectivity index (χ0v) is 13.7. The summed E-state index contributed by atoms with van der Waals surface area (Å²) in [6.07, 6.45) is 7.66. The lowest BCUT2D eigenvalue weighted by Crippen LogP contribution is -2.34. The number of aromatic nitrogens is 4. The highest BCUT2D eigenvalue weighted by atomic mass is 32.1. The average molecular weight is 337 g/mol. The molecule has 0 atom stereocenters. The molecule has 0 N–H and O–H groups in total. The van der Waals surface area contributed by atoms with E-state index in [2.05, 4.69) is 38.7 Å². The summed E-state index contributed by atoms with van der Waals surface area (Å²) < 4.78 is 1.54. The Labute approximate surface area is 143 Å². The second-order valence-corrected chi connectivity index (χ2v) is 6.40. The van der Waals surface area contributed by atoms with Crippen LogP contribution in [0.4, 0.5) is 0 Å². The fraction of sp³-hybridized carbons (Fsp3) is 0.176. The van der Waals surface area contributed by atoms with E-state index in [-0.39, 0.29) is 5.91 Å². The van der Waals surface area contributed by atoms with Crippen molar-refractivity contribution in [1.82, 2.24) is 24.6 Å². The summed E-state index contributed by atoms with van der Waals surface area (Å²) in [7, 11) is 0. The highest BCUT2D eigenvalue weighted by Gasteiger charge is 2.20. The second-order valence-electron chi connectivity index (χ2n) is 5.45. The average Bonchev–Trinajstić information content (AvgIpc) is 3.35. The number of nitrogens with zero attached hydrogens (tertiary/aromatic N) is 5. The normalized spacial score (nSPS) is 14.5. The van der Waals surface area contributed by atoms with Crippen molar-refractivity contribution in [2.24, 2.45) is 0 Å². The van der Waals surface area contributed by atoms with Crippen LogP contribution in [0.25, 0.3) is 11.4 Å². The number of thiophene rings is 1. The molecule has 3 aromatic heterocycles. The maximum absolute atomic E-state index is 12.7. The molecule has 0 saturated heterocycles. The SMILES string of the molecule is O=C(c1ccnc(-n2cncn2)c1)N1CC=C(c2cccs2)CC1. The first kappa shape index (κ1) is 14.8. The van der Waals surface area contributed by atoms with Gasteiger partial charge in [-0.25, -0.2) is 14.6 Å². The van der Waals surface area contributed by atoms with Crippen LogP contribution in [0.1, 0.15) is 21.7 Å². The van der Waals surface area contributed by atoms with Crippen molar-refractivity contribution >= 4 is 22.8 Å². The number of carbonyl (C=O) groups excluding carboxylic acids is 1. The Morgan fingerprint density at radius 3 is 2.96 bits per heavy atom. The van der Waals surface area contributed by atoms with Crippen LogP contribution in [0.3, 0.4) is 0 Å². The second kappa shape index (κ2) is 6.37. The predicted octanol–water partition coefficient (Wildman–Crippen LogP) is 2.65. The molecular formula is C17H15N5OS. The number of amides is 1. The minimum atomic E-state index is 0.0141. The van der Waals surface area contributed by atoms with E-state index in [4.69, 9.17) is 0 Å². The monoisotopic (exact) mass is 337 g/mol. The largest absolute Gasteiger partial charge is 0.335 e. The molecule has 120 valence electrons. The van der Waals surface area contributed by atoms with E-state index in [1.165, 1.54) is 16.8 Å². The van der Waals surface area contributed by atoms with E-state index in [9.17, 15) is 4.79 Å². The molecule has 0 saturated carbocycles. The van der Waals surface area contributed by atoms with Gasteiger partial charge in [0.25, 0.3) is 5.91 Å². The first-order valence-corrected chi connectivity index (χ1v) is 8.52. The number of rotatable bonds is 3. The van der Waals surface area contributed by atoms with Crippen LogP contribution >= 0.6 is 11.3 Å².